The third kappa shape index (κ3) is 5.36. The van der Waals surface area contributed by atoms with Crippen molar-refractivity contribution in [2.45, 2.75) is 46.1 Å². The minimum atomic E-state index is 0.129. The van der Waals surface area contributed by atoms with E-state index in [0.717, 1.165) is 26.1 Å². The Kier molecular flexibility index (Phi) is 7.28. The van der Waals surface area contributed by atoms with E-state index >= 15 is 0 Å². The van der Waals surface area contributed by atoms with Crippen molar-refractivity contribution < 1.29 is 9.53 Å². The lowest BCUT2D eigenvalue weighted by molar-refractivity contribution is -0.138. The molecule has 1 unspecified atom stereocenters. The second-order valence-corrected chi connectivity index (χ2v) is 5.40. The molecule has 1 amide bonds. The van der Waals surface area contributed by atoms with E-state index in [4.69, 9.17) is 4.74 Å². The predicted octanol–water partition coefficient (Wildman–Crippen LogP) is 1.65. The highest BCUT2D eigenvalue weighted by atomic mass is 16.5. The van der Waals surface area contributed by atoms with Crippen LogP contribution in [-0.4, -0.2) is 49.7 Å². The topological polar surface area (TPSA) is 41.6 Å². The van der Waals surface area contributed by atoms with E-state index in [-0.39, 0.29) is 18.6 Å². The molecule has 18 heavy (non-hydrogen) atoms. The lowest BCUT2D eigenvalue weighted by Gasteiger charge is -2.32. The van der Waals surface area contributed by atoms with Gasteiger partial charge in [0, 0.05) is 19.2 Å². The van der Waals surface area contributed by atoms with Gasteiger partial charge in [-0.3, -0.25) is 4.79 Å². The molecule has 0 bridgehead atoms. The Morgan fingerprint density at radius 1 is 1.50 bits per heavy atom. The molecule has 0 radical (unpaired) electrons. The summed E-state index contributed by atoms with van der Waals surface area (Å²) in [6.45, 7) is 10.1. The van der Waals surface area contributed by atoms with E-state index < -0.39 is 0 Å². The highest BCUT2D eigenvalue weighted by molar-refractivity contribution is 5.77. The number of ether oxygens (including phenoxy) is 1. The Morgan fingerprint density at radius 2 is 2.28 bits per heavy atom. The highest BCUT2D eigenvalue weighted by Crippen LogP contribution is 2.13. The smallest absolute Gasteiger partial charge is 0.248 e. The van der Waals surface area contributed by atoms with E-state index in [0.29, 0.717) is 12.5 Å². The lowest BCUT2D eigenvalue weighted by Crippen LogP contribution is -2.45. The van der Waals surface area contributed by atoms with E-state index in [2.05, 4.69) is 26.1 Å². The van der Waals surface area contributed by atoms with Gasteiger partial charge >= 0.3 is 0 Å². The maximum absolute atomic E-state index is 12.1. The van der Waals surface area contributed by atoms with Crippen molar-refractivity contribution >= 4 is 5.91 Å². The molecule has 106 valence electrons. The van der Waals surface area contributed by atoms with Gasteiger partial charge in [-0.1, -0.05) is 6.92 Å². The summed E-state index contributed by atoms with van der Waals surface area (Å²) < 4.78 is 5.36. The van der Waals surface area contributed by atoms with Gasteiger partial charge < -0.3 is 15.0 Å². The molecule has 1 atom stereocenters. The third-order valence-corrected chi connectivity index (χ3v) is 3.37. The predicted molar refractivity (Wildman–Crippen MR) is 73.6 cm³/mol. The summed E-state index contributed by atoms with van der Waals surface area (Å²) in [5.74, 6) is 0.722. The Labute approximate surface area is 111 Å². The summed E-state index contributed by atoms with van der Waals surface area (Å²) in [7, 11) is 0. The third-order valence-electron chi connectivity index (χ3n) is 3.37. The quantitative estimate of drug-likeness (QED) is 0.704. The van der Waals surface area contributed by atoms with E-state index in [1.54, 1.807) is 0 Å². The van der Waals surface area contributed by atoms with Crippen molar-refractivity contribution in [2.24, 2.45) is 5.92 Å². The SMILES string of the molecule is CCCOCC(=O)N(CC1CCCNC1)C(C)C. The number of nitrogens with zero attached hydrogens (tertiary/aromatic N) is 1. The average Bonchev–Trinajstić information content (AvgIpc) is 2.37. The summed E-state index contributed by atoms with van der Waals surface area (Å²) in [4.78, 5) is 14.1. The van der Waals surface area contributed by atoms with Crippen LogP contribution in [0.2, 0.25) is 0 Å². The zero-order chi connectivity index (χ0) is 13.4. The molecule has 4 heteroatoms. The zero-order valence-electron chi connectivity index (χ0n) is 12.1. The number of carbonyl (C=O) groups is 1. The number of rotatable bonds is 7. The number of carbonyl (C=O) groups excluding carboxylic acids is 1. The van der Waals surface area contributed by atoms with Crippen molar-refractivity contribution in [2.75, 3.05) is 32.8 Å². The Morgan fingerprint density at radius 3 is 2.83 bits per heavy atom. The number of hydrogen-bond acceptors (Lipinski definition) is 3. The fraction of sp³-hybridized carbons (Fsp3) is 0.929. The lowest BCUT2D eigenvalue weighted by atomic mass is 9.98. The summed E-state index contributed by atoms with van der Waals surface area (Å²) in [6.07, 6.45) is 3.40. The van der Waals surface area contributed by atoms with Gasteiger partial charge in [0.05, 0.1) is 0 Å². The average molecular weight is 256 g/mol. The molecule has 0 saturated carbocycles. The van der Waals surface area contributed by atoms with E-state index in [1.165, 1.54) is 12.8 Å². The van der Waals surface area contributed by atoms with Crippen molar-refractivity contribution in [1.82, 2.24) is 10.2 Å². The summed E-state index contributed by atoms with van der Waals surface area (Å²) in [5.41, 5.74) is 0. The van der Waals surface area contributed by atoms with Crippen LogP contribution in [0.4, 0.5) is 0 Å². The van der Waals surface area contributed by atoms with Crippen LogP contribution in [0.15, 0.2) is 0 Å². The zero-order valence-corrected chi connectivity index (χ0v) is 12.1. The molecular weight excluding hydrogens is 228 g/mol. The molecule has 1 N–H and O–H groups in total. The van der Waals surface area contributed by atoms with Crippen LogP contribution in [0.1, 0.15) is 40.0 Å². The summed E-state index contributed by atoms with van der Waals surface area (Å²) in [5, 5.41) is 3.40. The molecule has 0 aromatic heterocycles. The minimum absolute atomic E-state index is 0.129. The van der Waals surface area contributed by atoms with Gasteiger partial charge in [-0.2, -0.15) is 0 Å². The van der Waals surface area contributed by atoms with Crippen molar-refractivity contribution in [3.8, 4) is 0 Å². The Balaban J connectivity index is 2.39. The fourth-order valence-electron chi connectivity index (χ4n) is 2.35. The molecule has 0 aromatic rings. The first-order valence-electron chi connectivity index (χ1n) is 7.23. The van der Waals surface area contributed by atoms with Crippen LogP contribution in [-0.2, 0) is 9.53 Å². The molecule has 0 aliphatic carbocycles. The fourth-order valence-corrected chi connectivity index (χ4v) is 2.35. The van der Waals surface area contributed by atoms with Crippen molar-refractivity contribution in [1.29, 1.82) is 0 Å². The first-order chi connectivity index (χ1) is 8.65. The first kappa shape index (κ1) is 15.4. The van der Waals surface area contributed by atoms with Crippen molar-refractivity contribution in [3.05, 3.63) is 0 Å². The van der Waals surface area contributed by atoms with E-state index in [9.17, 15) is 4.79 Å². The van der Waals surface area contributed by atoms with Gasteiger partial charge in [0.1, 0.15) is 6.61 Å². The Hall–Kier alpha value is -0.610. The van der Waals surface area contributed by atoms with Crippen LogP contribution >= 0.6 is 0 Å². The molecule has 1 aliphatic heterocycles. The van der Waals surface area contributed by atoms with Gasteiger partial charge in [0.25, 0.3) is 0 Å². The summed E-state index contributed by atoms with van der Waals surface area (Å²) in [6, 6.07) is 0.254. The van der Waals surface area contributed by atoms with Crippen LogP contribution in [0.5, 0.6) is 0 Å². The van der Waals surface area contributed by atoms with Gasteiger partial charge in [0.2, 0.25) is 5.91 Å². The molecule has 1 heterocycles. The highest BCUT2D eigenvalue weighted by Gasteiger charge is 2.22. The molecule has 1 fully saturated rings. The molecule has 1 rings (SSSR count). The van der Waals surface area contributed by atoms with E-state index in [1.807, 2.05) is 4.90 Å². The number of nitrogens with one attached hydrogen (secondary N) is 1. The first-order valence-corrected chi connectivity index (χ1v) is 7.23. The summed E-state index contributed by atoms with van der Waals surface area (Å²) >= 11 is 0. The second kappa shape index (κ2) is 8.48. The normalized spacial score (nSPS) is 20.1. The van der Waals surface area contributed by atoms with Gasteiger partial charge in [0.15, 0.2) is 0 Å². The van der Waals surface area contributed by atoms with Gasteiger partial charge in [-0.05, 0) is 52.1 Å². The minimum Gasteiger partial charge on any atom is -0.372 e. The largest absolute Gasteiger partial charge is 0.372 e. The Bertz CT molecular complexity index is 238. The second-order valence-electron chi connectivity index (χ2n) is 5.40. The molecule has 1 aliphatic rings. The molecule has 4 nitrogen and oxygen atoms in total. The van der Waals surface area contributed by atoms with Crippen LogP contribution in [0.3, 0.4) is 0 Å². The standard InChI is InChI=1S/C14H28N2O2/c1-4-8-18-11-14(17)16(12(2)3)10-13-6-5-7-15-9-13/h12-13,15H,4-11H2,1-3H3. The van der Waals surface area contributed by atoms with Crippen molar-refractivity contribution in [3.63, 3.8) is 0 Å². The van der Waals surface area contributed by atoms with Crippen LogP contribution < -0.4 is 5.32 Å². The maximum Gasteiger partial charge on any atom is 0.248 e. The van der Waals surface area contributed by atoms with Gasteiger partial charge in [-0.15, -0.1) is 0 Å². The molecule has 0 spiro atoms. The van der Waals surface area contributed by atoms with Gasteiger partial charge in [-0.25, -0.2) is 0 Å². The van der Waals surface area contributed by atoms with Crippen LogP contribution in [0.25, 0.3) is 0 Å². The number of piperidine rings is 1. The molecule has 1 saturated heterocycles. The maximum atomic E-state index is 12.1. The molecular formula is C14H28N2O2. The number of amides is 1. The van der Waals surface area contributed by atoms with Crippen LogP contribution in [0, 0.1) is 5.92 Å². The molecule has 0 aromatic carbocycles. The number of hydrogen-bond donors (Lipinski definition) is 1. The monoisotopic (exact) mass is 256 g/mol.